The summed E-state index contributed by atoms with van der Waals surface area (Å²) in [6.45, 7) is 3.48. The van der Waals surface area contributed by atoms with E-state index in [9.17, 15) is 0 Å². The molecule has 2 rings (SSSR count). The van der Waals surface area contributed by atoms with Crippen molar-refractivity contribution >= 4 is 15.9 Å². The highest BCUT2D eigenvalue weighted by Crippen LogP contribution is 2.30. The van der Waals surface area contributed by atoms with E-state index in [1.165, 1.54) is 0 Å². The number of benzene rings is 1. The Kier molecular flexibility index (Phi) is 4.38. The Hall–Kier alpha value is -1.33. The first kappa shape index (κ1) is 13.1. The van der Waals surface area contributed by atoms with Gasteiger partial charge in [-0.3, -0.25) is 4.68 Å². The Morgan fingerprint density at radius 1 is 1.33 bits per heavy atom. The molecule has 0 saturated heterocycles. The van der Waals surface area contributed by atoms with Gasteiger partial charge in [-0.15, -0.1) is 0 Å². The van der Waals surface area contributed by atoms with Crippen LogP contribution in [-0.4, -0.2) is 16.3 Å². The van der Waals surface area contributed by atoms with E-state index in [0.717, 1.165) is 34.6 Å². The van der Waals surface area contributed by atoms with E-state index in [2.05, 4.69) is 21.0 Å². The maximum absolute atomic E-state index is 5.84. The van der Waals surface area contributed by atoms with Gasteiger partial charge in [0.1, 0.15) is 5.75 Å². The van der Waals surface area contributed by atoms with Crippen molar-refractivity contribution in [2.45, 2.75) is 19.9 Å². The molecule has 0 spiro atoms. The molecule has 0 aliphatic heterocycles. The Labute approximate surface area is 115 Å². The van der Waals surface area contributed by atoms with Crippen LogP contribution >= 0.6 is 15.9 Å². The zero-order chi connectivity index (χ0) is 13.0. The lowest BCUT2D eigenvalue weighted by atomic mass is 10.3. The van der Waals surface area contributed by atoms with Gasteiger partial charge in [-0.05, 0) is 48.0 Å². The maximum atomic E-state index is 5.84. The van der Waals surface area contributed by atoms with Gasteiger partial charge >= 0.3 is 0 Å². The van der Waals surface area contributed by atoms with E-state index >= 15 is 0 Å². The number of hydrogen-bond acceptors (Lipinski definition) is 3. The summed E-state index contributed by atoms with van der Waals surface area (Å²) < 4.78 is 8.68. The number of halogens is 1. The van der Waals surface area contributed by atoms with E-state index in [-0.39, 0.29) is 0 Å². The molecule has 1 aromatic carbocycles. The minimum atomic E-state index is 0.666. The lowest BCUT2D eigenvalue weighted by Crippen LogP contribution is -2.08. The molecular weight excluding hydrogens is 294 g/mol. The SMILES string of the molecule is Cc1c(Oc2ccccc2Br)cnn1CCCN. The average Bonchev–Trinajstić information content (AvgIpc) is 2.71. The summed E-state index contributed by atoms with van der Waals surface area (Å²) in [4.78, 5) is 0. The fraction of sp³-hybridized carbons (Fsp3) is 0.308. The van der Waals surface area contributed by atoms with Crippen LogP contribution in [0, 0.1) is 6.92 Å². The first-order chi connectivity index (χ1) is 8.72. The first-order valence-electron chi connectivity index (χ1n) is 5.87. The first-order valence-corrected chi connectivity index (χ1v) is 6.66. The molecular formula is C13H16BrN3O. The number of rotatable bonds is 5. The zero-order valence-electron chi connectivity index (χ0n) is 10.3. The zero-order valence-corrected chi connectivity index (χ0v) is 11.9. The second-order valence-corrected chi connectivity index (χ2v) is 4.85. The van der Waals surface area contributed by atoms with Crippen molar-refractivity contribution in [3.63, 3.8) is 0 Å². The quantitative estimate of drug-likeness (QED) is 0.923. The van der Waals surface area contributed by atoms with Crippen molar-refractivity contribution in [2.24, 2.45) is 5.73 Å². The second-order valence-electron chi connectivity index (χ2n) is 3.99. The topological polar surface area (TPSA) is 53.1 Å². The highest BCUT2D eigenvalue weighted by molar-refractivity contribution is 9.10. The van der Waals surface area contributed by atoms with Crippen molar-refractivity contribution < 1.29 is 4.74 Å². The van der Waals surface area contributed by atoms with Crippen LogP contribution in [0.5, 0.6) is 11.5 Å². The van der Waals surface area contributed by atoms with Crippen LogP contribution in [-0.2, 0) is 6.54 Å². The number of aromatic nitrogens is 2. The number of ether oxygens (including phenoxy) is 1. The fourth-order valence-corrected chi connectivity index (χ4v) is 2.01. The number of aryl methyl sites for hydroxylation is 1. The van der Waals surface area contributed by atoms with E-state index in [1.807, 2.05) is 35.9 Å². The van der Waals surface area contributed by atoms with Gasteiger partial charge in [0.15, 0.2) is 5.75 Å². The van der Waals surface area contributed by atoms with Gasteiger partial charge in [0, 0.05) is 6.54 Å². The minimum Gasteiger partial charge on any atom is -0.453 e. The Balaban J connectivity index is 2.15. The highest BCUT2D eigenvalue weighted by Gasteiger charge is 2.09. The molecule has 5 heteroatoms. The van der Waals surface area contributed by atoms with Crippen LogP contribution in [0.3, 0.4) is 0 Å². The van der Waals surface area contributed by atoms with Crippen molar-refractivity contribution in [1.29, 1.82) is 0 Å². The van der Waals surface area contributed by atoms with E-state index in [1.54, 1.807) is 6.20 Å². The molecule has 0 amide bonds. The molecule has 0 aliphatic carbocycles. The number of nitrogens with two attached hydrogens (primary N) is 1. The Morgan fingerprint density at radius 3 is 2.83 bits per heavy atom. The van der Waals surface area contributed by atoms with E-state index in [4.69, 9.17) is 10.5 Å². The summed E-state index contributed by atoms with van der Waals surface area (Å²) in [5.41, 5.74) is 6.51. The van der Waals surface area contributed by atoms with E-state index < -0.39 is 0 Å². The molecule has 0 aliphatic rings. The van der Waals surface area contributed by atoms with Gasteiger partial charge in [0.2, 0.25) is 0 Å². The van der Waals surface area contributed by atoms with Gasteiger partial charge in [0.25, 0.3) is 0 Å². The Morgan fingerprint density at radius 2 is 2.11 bits per heavy atom. The van der Waals surface area contributed by atoms with Crippen LogP contribution in [0.1, 0.15) is 12.1 Å². The van der Waals surface area contributed by atoms with Crippen molar-refractivity contribution in [3.8, 4) is 11.5 Å². The van der Waals surface area contributed by atoms with Gasteiger partial charge in [-0.25, -0.2) is 0 Å². The molecule has 0 fully saturated rings. The molecule has 4 nitrogen and oxygen atoms in total. The molecule has 18 heavy (non-hydrogen) atoms. The highest BCUT2D eigenvalue weighted by atomic mass is 79.9. The van der Waals surface area contributed by atoms with Crippen LogP contribution < -0.4 is 10.5 Å². The van der Waals surface area contributed by atoms with Crippen LogP contribution in [0.25, 0.3) is 0 Å². The summed E-state index contributed by atoms with van der Waals surface area (Å²) in [6, 6.07) is 7.76. The average molecular weight is 310 g/mol. The minimum absolute atomic E-state index is 0.666. The molecule has 0 atom stereocenters. The predicted molar refractivity (Wildman–Crippen MR) is 74.9 cm³/mol. The smallest absolute Gasteiger partial charge is 0.168 e. The third kappa shape index (κ3) is 2.91. The largest absolute Gasteiger partial charge is 0.453 e. The third-order valence-corrected chi connectivity index (χ3v) is 3.34. The van der Waals surface area contributed by atoms with Crippen LogP contribution in [0.4, 0.5) is 0 Å². The molecule has 1 heterocycles. The monoisotopic (exact) mass is 309 g/mol. The van der Waals surface area contributed by atoms with Crippen LogP contribution in [0.15, 0.2) is 34.9 Å². The lowest BCUT2D eigenvalue weighted by Gasteiger charge is -2.07. The van der Waals surface area contributed by atoms with Gasteiger partial charge in [0.05, 0.1) is 16.4 Å². The lowest BCUT2D eigenvalue weighted by molar-refractivity contribution is 0.471. The summed E-state index contributed by atoms with van der Waals surface area (Å²) in [7, 11) is 0. The molecule has 0 bridgehead atoms. The molecule has 2 aromatic rings. The maximum Gasteiger partial charge on any atom is 0.168 e. The Bertz CT molecular complexity index is 525. The molecule has 0 saturated carbocycles. The second kappa shape index (κ2) is 6.02. The summed E-state index contributed by atoms with van der Waals surface area (Å²) in [6.07, 6.45) is 2.66. The standard InChI is InChI=1S/C13H16BrN3O/c1-10-13(9-16-17(10)8-4-7-15)18-12-6-3-2-5-11(12)14/h2-3,5-6,9H,4,7-8,15H2,1H3. The van der Waals surface area contributed by atoms with Crippen molar-refractivity contribution in [3.05, 3.63) is 40.6 Å². The van der Waals surface area contributed by atoms with E-state index in [0.29, 0.717) is 6.54 Å². The fourth-order valence-electron chi connectivity index (χ4n) is 1.64. The summed E-state index contributed by atoms with van der Waals surface area (Å²) in [5, 5.41) is 4.30. The molecule has 0 unspecified atom stereocenters. The summed E-state index contributed by atoms with van der Waals surface area (Å²) in [5.74, 6) is 1.57. The van der Waals surface area contributed by atoms with Crippen molar-refractivity contribution in [1.82, 2.24) is 9.78 Å². The molecule has 96 valence electrons. The van der Waals surface area contributed by atoms with Gasteiger partial charge in [-0.2, -0.15) is 5.10 Å². The van der Waals surface area contributed by atoms with Crippen molar-refractivity contribution in [2.75, 3.05) is 6.54 Å². The third-order valence-electron chi connectivity index (χ3n) is 2.69. The molecule has 0 radical (unpaired) electrons. The molecule has 2 N–H and O–H groups in total. The molecule has 1 aromatic heterocycles. The number of nitrogens with zero attached hydrogens (tertiary/aromatic N) is 2. The van der Waals surface area contributed by atoms with Crippen LogP contribution in [0.2, 0.25) is 0 Å². The summed E-state index contributed by atoms with van der Waals surface area (Å²) >= 11 is 3.46. The number of hydrogen-bond donors (Lipinski definition) is 1. The normalized spacial score (nSPS) is 10.6. The van der Waals surface area contributed by atoms with Gasteiger partial charge in [-0.1, -0.05) is 12.1 Å². The predicted octanol–water partition coefficient (Wildman–Crippen LogP) is 3.10. The van der Waals surface area contributed by atoms with Gasteiger partial charge < -0.3 is 10.5 Å². The number of para-hydroxylation sites is 1.